The largest absolute Gasteiger partial charge is 0.313 e. The van der Waals surface area contributed by atoms with E-state index >= 15 is 0 Å². The first-order valence-corrected chi connectivity index (χ1v) is 8.62. The van der Waals surface area contributed by atoms with Crippen LogP contribution in [0, 0.1) is 0 Å². The third-order valence-corrected chi connectivity index (χ3v) is 5.63. The number of nitrogens with one attached hydrogen (secondary N) is 1. The van der Waals surface area contributed by atoms with Gasteiger partial charge < -0.3 is 5.32 Å². The van der Waals surface area contributed by atoms with E-state index in [1.807, 2.05) is 0 Å². The normalized spacial score (nSPS) is 36.7. The molecule has 1 atom stereocenters. The van der Waals surface area contributed by atoms with Gasteiger partial charge in [-0.15, -0.1) is 0 Å². The van der Waals surface area contributed by atoms with Gasteiger partial charge in [-0.3, -0.25) is 4.90 Å². The lowest BCUT2D eigenvalue weighted by Crippen LogP contribution is -2.44. The summed E-state index contributed by atoms with van der Waals surface area (Å²) in [6.45, 7) is 6.13. The van der Waals surface area contributed by atoms with Crippen molar-refractivity contribution < 1.29 is 0 Å². The van der Waals surface area contributed by atoms with Gasteiger partial charge in [-0.25, -0.2) is 0 Å². The fraction of sp³-hybridized carbons (Fsp3) is 1.00. The molecule has 1 unspecified atom stereocenters. The minimum atomic E-state index is 0.732. The first-order chi connectivity index (χ1) is 8.33. The quantitative estimate of drug-likeness (QED) is 0.836. The molecule has 0 bridgehead atoms. The topological polar surface area (TPSA) is 15.3 Å². The van der Waals surface area contributed by atoms with Gasteiger partial charge in [0.25, 0.3) is 0 Å². The highest BCUT2D eigenvalue weighted by molar-refractivity contribution is 7.99. The minimum Gasteiger partial charge on any atom is -0.313 e. The summed E-state index contributed by atoms with van der Waals surface area (Å²) in [4.78, 5) is 2.78. The van der Waals surface area contributed by atoms with Gasteiger partial charge in [0.1, 0.15) is 0 Å². The Hall–Kier alpha value is 0.270. The minimum absolute atomic E-state index is 0.732. The summed E-state index contributed by atoms with van der Waals surface area (Å²) in [5.74, 6) is 0. The van der Waals surface area contributed by atoms with E-state index in [0.29, 0.717) is 0 Å². The molecule has 17 heavy (non-hydrogen) atoms. The molecule has 100 valence electrons. The van der Waals surface area contributed by atoms with Crippen molar-refractivity contribution in [1.29, 1.82) is 0 Å². The Morgan fingerprint density at radius 1 is 1.24 bits per heavy atom. The van der Waals surface area contributed by atoms with Crippen LogP contribution in [0.25, 0.3) is 0 Å². The fourth-order valence-electron chi connectivity index (χ4n) is 3.28. The highest BCUT2D eigenvalue weighted by Gasteiger charge is 2.27. The smallest absolute Gasteiger partial charge is 0.0192 e. The number of rotatable bonds is 3. The number of hydrogen-bond acceptors (Lipinski definition) is 3. The van der Waals surface area contributed by atoms with Crippen molar-refractivity contribution >= 4 is 11.8 Å². The summed E-state index contributed by atoms with van der Waals surface area (Å²) in [5, 5.41) is 4.62. The second-order valence-electron chi connectivity index (χ2n) is 5.57. The zero-order chi connectivity index (χ0) is 12.1. The van der Waals surface area contributed by atoms with Gasteiger partial charge in [0.2, 0.25) is 0 Å². The van der Waals surface area contributed by atoms with Gasteiger partial charge in [0.05, 0.1) is 0 Å². The molecule has 1 saturated heterocycles. The van der Waals surface area contributed by atoms with E-state index in [1.165, 1.54) is 58.2 Å². The van der Waals surface area contributed by atoms with E-state index in [2.05, 4.69) is 35.2 Å². The molecule has 0 radical (unpaired) electrons. The van der Waals surface area contributed by atoms with Crippen molar-refractivity contribution in [2.75, 3.05) is 25.9 Å². The molecule has 1 N–H and O–H groups in total. The Balaban J connectivity index is 1.84. The van der Waals surface area contributed by atoms with Gasteiger partial charge in [-0.05, 0) is 57.9 Å². The summed E-state index contributed by atoms with van der Waals surface area (Å²) in [7, 11) is 0. The third-order valence-electron chi connectivity index (χ3n) is 4.50. The average molecular weight is 256 g/mol. The Kier molecular flexibility index (Phi) is 5.64. The van der Waals surface area contributed by atoms with E-state index in [0.717, 1.165) is 17.3 Å². The monoisotopic (exact) mass is 256 g/mol. The van der Waals surface area contributed by atoms with Crippen molar-refractivity contribution in [2.24, 2.45) is 0 Å². The molecule has 0 spiro atoms. The molecule has 0 amide bonds. The molecule has 2 aliphatic rings. The molecule has 1 aliphatic heterocycles. The van der Waals surface area contributed by atoms with E-state index in [9.17, 15) is 0 Å². The van der Waals surface area contributed by atoms with Crippen LogP contribution < -0.4 is 5.32 Å². The molecule has 2 fully saturated rings. The predicted octanol–water partition coefficient (Wildman–Crippen LogP) is 2.73. The van der Waals surface area contributed by atoms with Crippen LogP contribution in [0.4, 0.5) is 0 Å². The third kappa shape index (κ3) is 3.87. The first-order valence-electron chi connectivity index (χ1n) is 7.33. The van der Waals surface area contributed by atoms with Crippen LogP contribution >= 0.6 is 11.8 Å². The van der Waals surface area contributed by atoms with Crippen LogP contribution in [0.3, 0.4) is 0 Å². The van der Waals surface area contributed by atoms with Crippen molar-refractivity contribution in [2.45, 2.75) is 62.8 Å². The van der Waals surface area contributed by atoms with Crippen LogP contribution in [-0.4, -0.2) is 48.1 Å². The van der Waals surface area contributed by atoms with Crippen molar-refractivity contribution in [3.05, 3.63) is 0 Å². The summed E-state index contributed by atoms with van der Waals surface area (Å²) in [6.07, 6.45) is 10.6. The van der Waals surface area contributed by atoms with Crippen molar-refractivity contribution in [3.8, 4) is 0 Å². The summed E-state index contributed by atoms with van der Waals surface area (Å²) >= 11 is 2.07. The van der Waals surface area contributed by atoms with Crippen LogP contribution in [0.15, 0.2) is 0 Å². The van der Waals surface area contributed by atoms with Crippen LogP contribution in [0.1, 0.15) is 45.4 Å². The Labute approximate surface area is 111 Å². The highest BCUT2D eigenvalue weighted by atomic mass is 32.2. The fourth-order valence-corrected chi connectivity index (χ4v) is 4.02. The number of hydrogen-bond donors (Lipinski definition) is 1. The van der Waals surface area contributed by atoms with Gasteiger partial charge in [0.15, 0.2) is 0 Å². The molecule has 2 rings (SSSR count). The van der Waals surface area contributed by atoms with Gasteiger partial charge in [-0.2, -0.15) is 11.8 Å². The zero-order valence-electron chi connectivity index (χ0n) is 11.5. The Morgan fingerprint density at radius 2 is 2.00 bits per heavy atom. The molecule has 1 aliphatic carbocycles. The Morgan fingerprint density at radius 3 is 2.65 bits per heavy atom. The zero-order valence-corrected chi connectivity index (χ0v) is 12.3. The molecule has 2 nitrogen and oxygen atoms in total. The number of thioether (sulfide) groups is 1. The molecular weight excluding hydrogens is 228 g/mol. The lowest BCUT2D eigenvalue weighted by atomic mass is 9.93. The molecule has 3 heteroatoms. The second-order valence-corrected chi connectivity index (χ2v) is 6.71. The SMILES string of the molecule is CCC1CN(C2CCC(SC)CC2)CCCN1. The van der Waals surface area contributed by atoms with Crippen LogP contribution in [0.2, 0.25) is 0 Å². The van der Waals surface area contributed by atoms with Gasteiger partial charge in [0, 0.05) is 23.9 Å². The van der Waals surface area contributed by atoms with E-state index in [1.54, 1.807) is 0 Å². The summed E-state index contributed by atoms with van der Waals surface area (Å²) in [6, 6.07) is 1.61. The second kappa shape index (κ2) is 7.01. The average Bonchev–Trinajstić information content (AvgIpc) is 2.64. The van der Waals surface area contributed by atoms with Crippen molar-refractivity contribution in [3.63, 3.8) is 0 Å². The molecule has 1 heterocycles. The van der Waals surface area contributed by atoms with E-state index in [-0.39, 0.29) is 0 Å². The van der Waals surface area contributed by atoms with Crippen LogP contribution in [-0.2, 0) is 0 Å². The van der Waals surface area contributed by atoms with Gasteiger partial charge >= 0.3 is 0 Å². The highest BCUT2D eigenvalue weighted by Crippen LogP contribution is 2.30. The first kappa shape index (κ1) is 13.7. The van der Waals surface area contributed by atoms with Gasteiger partial charge in [-0.1, -0.05) is 6.92 Å². The maximum absolute atomic E-state index is 3.67. The van der Waals surface area contributed by atoms with E-state index in [4.69, 9.17) is 0 Å². The predicted molar refractivity (Wildman–Crippen MR) is 77.8 cm³/mol. The molecule has 0 aromatic heterocycles. The standard InChI is InChI=1S/C14H28N2S/c1-3-12-11-16(10-4-9-15-12)13-5-7-14(17-2)8-6-13/h12-15H,3-11H2,1-2H3. The lowest BCUT2D eigenvalue weighted by Gasteiger charge is -2.37. The molecule has 0 aromatic carbocycles. The Bertz CT molecular complexity index is 214. The summed E-state index contributed by atoms with van der Waals surface area (Å²) in [5.41, 5.74) is 0. The lowest BCUT2D eigenvalue weighted by molar-refractivity contribution is 0.154. The molecule has 0 aromatic rings. The molecular formula is C14H28N2S. The molecule has 1 saturated carbocycles. The van der Waals surface area contributed by atoms with Crippen molar-refractivity contribution in [1.82, 2.24) is 10.2 Å². The maximum Gasteiger partial charge on any atom is 0.0192 e. The number of nitrogens with zero attached hydrogens (tertiary/aromatic N) is 1. The summed E-state index contributed by atoms with van der Waals surface area (Å²) < 4.78 is 0. The van der Waals surface area contributed by atoms with Crippen LogP contribution in [0.5, 0.6) is 0 Å². The van der Waals surface area contributed by atoms with E-state index < -0.39 is 0 Å². The maximum atomic E-state index is 3.67.